The van der Waals surface area contributed by atoms with Gasteiger partial charge in [0, 0.05) is 12.1 Å². The molecule has 1 aliphatic carbocycles. The van der Waals surface area contributed by atoms with E-state index in [2.05, 4.69) is 15.6 Å². The van der Waals surface area contributed by atoms with Crippen LogP contribution in [-0.2, 0) is 16.5 Å². The molecule has 5 nitrogen and oxygen atoms in total. The molecule has 0 bridgehead atoms. The Balaban J connectivity index is 1.67. The Kier molecular flexibility index (Phi) is 3.41. The van der Waals surface area contributed by atoms with Gasteiger partial charge in [-0.2, -0.15) is 13.2 Å². The molecule has 2 aliphatic rings. The number of carbonyl (C=O) groups excluding carboxylic acids is 1. The molecule has 1 amide bonds. The van der Waals surface area contributed by atoms with Gasteiger partial charge in [-0.25, -0.2) is 4.98 Å². The average Bonchev–Trinajstić information content (AvgIpc) is 2.87. The van der Waals surface area contributed by atoms with Crippen LogP contribution in [-0.4, -0.2) is 28.4 Å². The molecule has 134 valence electrons. The lowest BCUT2D eigenvalue weighted by Crippen LogP contribution is -2.44. The zero-order valence-corrected chi connectivity index (χ0v) is 13.9. The fraction of sp³-hybridized carbons (Fsp3) is 0.529. The SMILES string of the molecule is CC(C)(NC(=O)C1[C@H]2CNC[C@@H]12)c1nc(C(F)(F)F)c2ccccn12. The molecule has 1 saturated carbocycles. The van der Waals surface area contributed by atoms with Gasteiger partial charge < -0.3 is 15.0 Å². The molecule has 1 saturated heterocycles. The Bertz CT molecular complexity index is 832. The van der Waals surface area contributed by atoms with Crippen LogP contribution in [0, 0.1) is 17.8 Å². The Morgan fingerprint density at radius 3 is 2.60 bits per heavy atom. The summed E-state index contributed by atoms with van der Waals surface area (Å²) in [6.07, 6.45) is -3.01. The first kappa shape index (κ1) is 16.4. The van der Waals surface area contributed by atoms with E-state index >= 15 is 0 Å². The van der Waals surface area contributed by atoms with E-state index in [1.807, 2.05) is 0 Å². The number of piperidine rings is 1. The summed E-state index contributed by atoms with van der Waals surface area (Å²) < 4.78 is 41.3. The van der Waals surface area contributed by atoms with Crippen molar-refractivity contribution in [1.82, 2.24) is 20.0 Å². The molecule has 1 aliphatic heterocycles. The minimum Gasteiger partial charge on any atom is -0.344 e. The van der Waals surface area contributed by atoms with Crippen LogP contribution in [0.15, 0.2) is 24.4 Å². The number of fused-ring (bicyclic) bond motifs is 2. The monoisotopic (exact) mass is 352 g/mol. The van der Waals surface area contributed by atoms with Crippen molar-refractivity contribution in [2.75, 3.05) is 13.1 Å². The maximum absolute atomic E-state index is 13.3. The van der Waals surface area contributed by atoms with Crippen LogP contribution in [0.3, 0.4) is 0 Å². The molecule has 4 rings (SSSR count). The summed E-state index contributed by atoms with van der Waals surface area (Å²) in [7, 11) is 0. The highest BCUT2D eigenvalue weighted by Gasteiger charge is 2.57. The number of pyridine rings is 1. The predicted molar refractivity (Wildman–Crippen MR) is 84.7 cm³/mol. The topological polar surface area (TPSA) is 58.4 Å². The summed E-state index contributed by atoms with van der Waals surface area (Å²) in [6.45, 7) is 5.02. The number of amides is 1. The van der Waals surface area contributed by atoms with Gasteiger partial charge in [0.25, 0.3) is 0 Å². The second kappa shape index (κ2) is 5.20. The second-order valence-corrected chi connectivity index (χ2v) is 7.36. The zero-order chi connectivity index (χ0) is 18.0. The standard InChI is InChI=1S/C17H19F3N4O/c1-16(2,23-14(25)12-9-7-21-8-10(9)12)15-22-13(17(18,19)20)11-5-3-4-6-24(11)15/h3-6,9-10,12,21H,7-8H2,1-2H3,(H,23,25)/t9-,10+,12?. The summed E-state index contributed by atoms with van der Waals surface area (Å²) in [5.74, 6) is 0.710. The van der Waals surface area contributed by atoms with Crippen molar-refractivity contribution in [1.29, 1.82) is 0 Å². The van der Waals surface area contributed by atoms with Crippen molar-refractivity contribution in [2.45, 2.75) is 25.6 Å². The fourth-order valence-electron chi connectivity index (χ4n) is 3.94. The van der Waals surface area contributed by atoms with Crippen molar-refractivity contribution < 1.29 is 18.0 Å². The van der Waals surface area contributed by atoms with E-state index in [0.717, 1.165) is 13.1 Å². The number of aromatic nitrogens is 2. The summed E-state index contributed by atoms with van der Waals surface area (Å²) in [4.78, 5) is 16.4. The third-order valence-electron chi connectivity index (χ3n) is 5.21. The first-order valence-corrected chi connectivity index (χ1v) is 8.27. The number of hydrogen-bond acceptors (Lipinski definition) is 3. The zero-order valence-electron chi connectivity index (χ0n) is 13.9. The van der Waals surface area contributed by atoms with Crippen LogP contribution in [0.2, 0.25) is 0 Å². The normalized spacial score (nSPS) is 25.9. The van der Waals surface area contributed by atoms with E-state index in [1.54, 1.807) is 26.0 Å². The molecule has 1 unspecified atom stereocenters. The quantitative estimate of drug-likeness (QED) is 0.890. The molecular weight excluding hydrogens is 333 g/mol. The number of alkyl halides is 3. The van der Waals surface area contributed by atoms with Crippen molar-refractivity contribution >= 4 is 11.4 Å². The minimum atomic E-state index is -4.55. The summed E-state index contributed by atoms with van der Waals surface area (Å²) in [6, 6.07) is 4.57. The van der Waals surface area contributed by atoms with Gasteiger partial charge in [0.1, 0.15) is 5.82 Å². The Morgan fingerprint density at radius 2 is 1.96 bits per heavy atom. The van der Waals surface area contributed by atoms with Gasteiger partial charge in [-0.05, 0) is 50.9 Å². The van der Waals surface area contributed by atoms with Crippen molar-refractivity contribution in [3.8, 4) is 0 Å². The van der Waals surface area contributed by atoms with Gasteiger partial charge >= 0.3 is 6.18 Å². The van der Waals surface area contributed by atoms with Crippen LogP contribution in [0.4, 0.5) is 13.2 Å². The Hall–Kier alpha value is -2.09. The van der Waals surface area contributed by atoms with E-state index in [1.165, 1.54) is 16.7 Å². The van der Waals surface area contributed by atoms with E-state index in [9.17, 15) is 18.0 Å². The molecule has 0 radical (unpaired) electrons. The lowest BCUT2D eigenvalue weighted by atomic mass is 10.0. The smallest absolute Gasteiger partial charge is 0.344 e. The molecule has 8 heteroatoms. The van der Waals surface area contributed by atoms with Crippen LogP contribution in [0.1, 0.15) is 25.4 Å². The Labute approximate surface area is 142 Å². The highest BCUT2D eigenvalue weighted by atomic mass is 19.4. The van der Waals surface area contributed by atoms with E-state index in [0.29, 0.717) is 11.8 Å². The van der Waals surface area contributed by atoms with E-state index < -0.39 is 17.4 Å². The third-order valence-corrected chi connectivity index (χ3v) is 5.21. The molecule has 0 aromatic carbocycles. The van der Waals surface area contributed by atoms with Gasteiger partial charge in [-0.15, -0.1) is 0 Å². The third kappa shape index (κ3) is 2.59. The molecule has 2 aromatic heterocycles. The van der Waals surface area contributed by atoms with E-state index in [-0.39, 0.29) is 23.2 Å². The summed E-state index contributed by atoms with van der Waals surface area (Å²) >= 11 is 0. The van der Waals surface area contributed by atoms with Crippen LogP contribution >= 0.6 is 0 Å². The minimum absolute atomic E-state index is 0.0141. The molecule has 2 fully saturated rings. The molecule has 25 heavy (non-hydrogen) atoms. The number of imidazole rings is 1. The second-order valence-electron chi connectivity index (χ2n) is 7.36. The number of hydrogen-bond donors (Lipinski definition) is 2. The number of nitrogens with one attached hydrogen (secondary N) is 2. The first-order valence-electron chi connectivity index (χ1n) is 8.27. The van der Waals surface area contributed by atoms with Gasteiger partial charge in [0.05, 0.1) is 11.1 Å². The van der Waals surface area contributed by atoms with Gasteiger partial charge in [0.15, 0.2) is 5.69 Å². The highest BCUT2D eigenvalue weighted by Crippen LogP contribution is 2.49. The Morgan fingerprint density at radius 1 is 1.28 bits per heavy atom. The van der Waals surface area contributed by atoms with Gasteiger partial charge in [-0.3, -0.25) is 4.79 Å². The molecular formula is C17H19F3N4O. The number of nitrogens with zero attached hydrogens (tertiary/aromatic N) is 2. The van der Waals surface area contributed by atoms with Crippen LogP contribution in [0.25, 0.3) is 5.52 Å². The summed E-state index contributed by atoms with van der Waals surface area (Å²) in [5.41, 5.74) is -1.97. The molecule has 2 N–H and O–H groups in total. The van der Waals surface area contributed by atoms with Crippen molar-refractivity contribution in [3.63, 3.8) is 0 Å². The highest BCUT2D eigenvalue weighted by molar-refractivity contribution is 5.83. The fourth-order valence-corrected chi connectivity index (χ4v) is 3.94. The molecule has 3 heterocycles. The number of rotatable bonds is 3. The van der Waals surface area contributed by atoms with Gasteiger partial charge in [0.2, 0.25) is 5.91 Å². The van der Waals surface area contributed by atoms with Gasteiger partial charge in [-0.1, -0.05) is 6.07 Å². The molecule has 2 aromatic rings. The van der Waals surface area contributed by atoms with Crippen LogP contribution in [0.5, 0.6) is 0 Å². The van der Waals surface area contributed by atoms with Crippen LogP contribution < -0.4 is 10.6 Å². The molecule has 0 spiro atoms. The lowest BCUT2D eigenvalue weighted by Gasteiger charge is -2.25. The first-order chi connectivity index (χ1) is 11.7. The van der Waals surface area contributed by atoms with Crippen molar-refractivity contribution in [3.05, 3.63) is 35.9 Å². The average molecular weight is 352 g/mol. The summed E-state index contributed by atoms with van der Waals surface area (Å²) in [5, 5.41) is 6.13. The van der Waals surface area contributed by atoms with Crippen molar-refractivity contribution in [2.24, 2.45) is 17.8 Å². The largest absolute Gasteiger partial charge is 0.435 e. The number of halogens is 3. The predicted octanol–water partition coefficient (Wildman–Crippen LogP) is 2.17. The lowest BCUT2D eigenvalue weighted by molar-refractivity contribution is -0.139. The van der Waals surface area contributed by atoms with E-state index in [4.69, 9.17) is 0 Å². The number of carbonyl (C=O) groups is 1. The maximum atomic E-state index is 13.3. The molecule has 3 atom stereocenters. The maximum Gasteiger partial charge on any atom is 0.435 e.